The minimum Gasteiger partial charge on any atom is -0.490 e. The van der Waals surface area contributed by atoms with E-state index < -0.39 is 0 Å². The quantitative estimate of drug-likeness (QED) is 0.321. The van der Waals surface area contributed by atoms with E-state index in [0.717, 1.165) is 37.2 Å². The maximum absolute atomic E-state index is 6.31. The molecule has 0 aromatic heterocycles. The van der Waals surface area contributed by atoms with E-state index in [1.54, 1.807) is 0 Å². The summed E-state index contributed by atoms with van der Waals surface area (Å²) < 4.78 is 23.8. The number of rotatable bonds is 12. The summed E-state index contributed by atoms with van der Waals surface area (Å²) in [6, 6.07) is 9.44. The van der Waals surface area contributed by atoms with Gasteiger partial charge in [-0.3, -0.25) is 0 Å². The molecule has 4 nitrogen and oxygen atoms in total. The van der Waals surface area contributed by atoms with Gasteiger partial charge in [0.15, 0.2) is 0 Å². The Hall–Kier alpha value is -2.04. The summed E-state index contributed by atoms with van der Waals surface area (Å²) in [5.41, 5.74) is 7.67. The van der Waals surface area contributed by atoms with Crippen LogP contribution in [0.25, 0.3) is 0 Å². The number of ether oxygens (including phenoxy) is 4. The summed E-state index contributed by atoms with van der Waals surface area (Å²) in [7, 11) is 0. The lowest BCUT2D eigenvalue weighted by Gasteiger charge is -2.30. The highest BCUT2D eigenvalue weighted by molar-refractivity contribution is 5.53. The highest BCUT2D eigenvalue weighted by Gasteiger charge is 2.36. The van der Waals surface area contributed by atoms with E-state index >= 15 is 0 Å². The maximum Gasteiger partial charge on any atom is 0.125 e. The fourth-order valence-corrected chi connectivity index (χ4v) is 4.96. The van der Waals surface area contributed by atoms with Crippen LogP contribution in [0.1, 0.15) is 88.8 Å². The molecule has 2 aliphatic heterocycles. The van der Waals surface area contributed by atoms with E-state index in [2.05, 4.69) is 79.7 Å². The van der Waals surface area contributed by atoms with Crippen LogP contribution < -0.4 is 9.47 Å². The monoisotopic (exact) mass is 480 g/mol. The van der Waals surface area contributed by atoms with Crippen molar-refractivity contribution in [2.24, 2.45) is 0 Å². The van der Waals surface area contributed by atoms with Gasteiger partial charge < -0.3 is 18.9 Å². The van der Waals surface area contributed by atoms with Crippen molar-refractivity contribution < 1.29 is 18.9 Å². The van der Waals surface area contributed by atoms with Crippen LogP contribution in [0.2, 0.25) is 0 Å². The summed E-state index contributed by atoms with van der Waals surface area (Å²) in [5.74, 6) is 2.11. The molecule has 2 fully saturated rings. The zero-order chi connectivity index (χ0) is 25.3. The molecule has 4 atom stereocenters. The molecule has 0 radical (unpaired) electrons. The van der Waals surface area contributed by atoms with Gasteiger partial charge in [-0.25, -0.2) is 0 Å². The van der Waals surface area contributed by atoms with E-state index in [1.165, 1.54) is 33.4 Å². The first kappa shape index (κ1) is 26.0. The topological polar surface area (TPSA) is 43.5 Å². The smallest absolute Gasteiger partial charge is 0.125 e. The van der Waals surface area contributed by atoms with Gasteiger partial charge in [0.05, 0.1) is 12.2 Å². The Labute approximate surface area is 212 Å². The highest BCUT2D eigenvalue weighted by atomic mass is 16.6. The average molecular weight is 481 g/mol. The predicted molar refractivity (Wildman–Crippen MR) is 142 cm³/mol. The Morgan fingerprint density at radius 2 is 0.914 bits per heavy atom. The molecular weight excluding hydrogens is 436 g/mol. The lowest BCUT2D eigenvalue weighted by molar-refractivity contribution is 0.257. The molecule has 2 aromatic carbocycles. The molecule has 0 amide bonds. The molecule has 2 saturated heterocycles. The first-order valence-electron chi connectivity index (χ1n) is 13.6. The van der Waals surface area contributed by atoms with Crippen molar-refractivity contribution >= 4 is 0 Å². The Kier molecular flexibility index (Phi) is 7.83. The normalized spacial score (nSPS) is 23.3. The second kappa shape index (κ2) is 10.5. The van der Waals surface area contributed by atoms with Gasteiger partial charge in [-0.15, -0.1) is 0 Å². The van der Waals surface area contributed by atoms with Gasteiger partial charge in [-0.1, -0.05) is 65.8 Å². The molecule has 0 saturated carbocycles. The standard InChI is InChI=1S/C31H44O4/c1-9-21-13-25(14-22(10-2)29(21)32-17-27-19(5)34-27)31(7,8)26-15-23(11-3)30(24(12-4)16-26)33-18-28-20(6)35-28/h13-16,19-20,27-28H,9-12,17-18H2,1-8H3. The summed E-state index contributed by atoms with van der Waals surface area (Å²) in [5, 5.41) is 0. The van der Waals surface area contributed by atoms with Gasteiger partial charge in [0.2, 0.25) is 0 Å². The molecule has 2 aromatic rings. The highest BCUT2D eigenvalue weighted by Crippen LogP contribution is 2.40. The fraction of sp³-hybridized carbons (Fsp3) is 0.613. The third-order valence-electron chi connectivity index (χ3n) is 7.91. The van der Waals surface area contributed by atoms with Gasteiger partial charge in [-0.2, -0.15) is 0 Å². The summed E-state index contributed by atoms with van der Waals surface area (Å²) in [6.07, 6.45) is 4.88. The molecule has 4 rings (SSSR count). The SMILES string of the molecule is CCc1cc(C(C)(C)c2cc(CC)c(OCC3OC3C)c(CC)c2)cc(CC)c1OCC1OC1C. The first-order valence-corrected chi connectivity index (χ1v) is 13.6. The summed E-state index contributed by atoms with van der Waals surface area (Å²) in [6.45, 7) is 19.0. The molecule has 4 unspecified atom stereocenters. The van der Waals surface area contributed by atoms with Gasteiger partial charge in [0.1, 0.15) is 36.9 Å². The van der Waals surface area contributed by atoms with Crippen LogP contribution in [0.3, 0.4) is 0 Å². The second-order valence-corrected chi connectivity index (χ2v) is 10.7. The lowest BCUT2D eigenvalue weighted by atomic mass is 9.75. The van der Waals surface area contributed by atoms with E-state index in [1.807, 2.05) is 0 Å². The first-order chi connectivity index (χ1) is 16.7. The van der Waals surface area contributed by atoms with Crippen molar-refractivity contribution in [3.63, 3.8) is 0 Å². The van der Waals surface area contributed by atoms with E-state index in [0.29, 0.717) is 25.4 Å². The van der Waals surface area contributed by atoms with Crippen LogP contribution in [0.4, 0.5) is 0 Å². The number of hydrogen-bond donors (Lipinski definition) is 0. The molecule has 192 valence electrons. The van der Waals surface area contributed by atoms with Crippen LogP contribution in [0.5, 0.6) is 11.5 Å². The van der Waals surface area contributed by atoms with Gasteiger partial charge in [0.25, 0.3) is 0 Å². The number of aryl methyl sites for hydroxylation is 4. The molecule has 0 spiro atoms. The largest absolute Gasteiger partial charge is 0.490 e. The number of hydrogen-bond acceptors (Lipinski definition) is 4. The van der Waals surface area contributed by atoms with Gasteiger partial charge in [0, 0.05) is 5.41 Å². The Morgan fingerprint density at radius 3 is 1.14 bits per heavy atom. The van der Waals surface area contributed by atoms with Gasteiger partial charge in [-0.05, 0) is 72.9 Å². The minimum absolute atomic E-state index is 0.138. The van der Waals surface area contributed by atoms with Crippen molar-refractivity contribution in [2.45, 2.75) is 111 Å². The van der Waals surface area contributed by atoms with Crippen LogP contribution >= 0.6 is 0 Å². The fourth-order valence-electron chi connectivity index (χ4n) is 4.96. The summed E-state index contributed by atoms with van der Waals surface area (Å²) in [4.78, 5) is 0. The molecular formula is C31H44O4. The van der Waals surface area contributed by atoms with Crippen molar-refractivity contribution in [2.75, 3.05) is 13.2 Å². The molecule has 0 aliphatic carbocycles. The zero-order valence-electron chi connectivity index (χ0n) is 23.0. The Morgan fingerprint density at radius 1 is 0.629 bits per heavy atom. The van der Waals surface area contributed by atoms with Crippen molar-refractivity contribution in [1.29, 1.82) is 0 Å². The molecule has 4 heteroatoms. The molecule has 2 aliphatic rings. The Balaban J connectivity index is 1.66. The van der Waals surface area contributed by atoms with Crippen molar-refractivity contribution in [1.82, 2.24) is 0 Å². The van der Waals surface area contributed by atoms with Gasteiger partial charge >= 0.3 is 0 Å². The lowest BCUT2D eigenvalue weighted by Crippen LogP contribution is -2.21. The summed E-state index contributed by atoms with van der Waals surface area (Å²) >= 11 is 0. The van der Waals surface area contributed by atoms with E-state index in [9.17, 15) is 0 Å². The molecule has 2 heterocycles. The van der Waals surface area contributed by atoms with Crippen LogP contribution in [-0.2, 0) is 40.6 Å². The molecule has 0 N–H and O–H groups in total. The number of benzene rings is 2. The van der Waals surface area contributed by atoms with E-state index in [-0.39, 0.29) is 17.6 Å². The average Bonchev–Trinajstić information content (AvgIpc) is 3.77. The third kappa shape index (κ3) is 5.54. The maximum atomic E-state index is 6.31. The predicted octanol–water partition coefficient (Wildman–Crippen LogP) is 6.59. The molecule has 35 heavy (non-hydrogen) atoms. The third-order valence-corrected chi connectivity index (χ3v) is 7.91. The van der Waals surface area contributed by atoms with Crippen LogP contribution in [0, 0.1) is 0 Å². The second-order valence-electron chi connectivity index (χ2n) is 10.7. The molecule has 0 bridgehead atoms. The zero-order valence-corrected chi connectivity index (χ0v) is 23.0. The number of epoxide rings is 2. The van der Waals surface area contributed by atoms with Crippen molar-refractivity contribution in [3.8, 4) is 11.5 Å². The van der Waals surface area contributed by atoms with Crippen molar-refractivity contribution in [3.05, 3.63) is 57.6 Å². The minimum atomic E-state index is -0.138. The Bertz CT molecular complexity index is 909. The van der Waals surface area contributed by atoms with Crippen LogP contribution in [-0.4, -0.2) is 37.6 Å². The van der Waals surface area contributed by atoms with E-state index in [4.69, 9.17) is 18.9 Å². The van der Waals surface area contributed by atoms with Crippen LogP contribution in [0.15, 0.2) is 24.3 Å².